The van der Waals surface area contributed by atoms with Crippen LogP contribution in [0, 0.1) is 0 Å². The molecule has 1 atom stereocenters. The highest BCUT2D eigenvalue weighted by Gasteiger charge is 1.90. The van der Waals surface area contributed by atoms with E-state index in [9.17, 15) is 0 Å². The van der Waals surface area contributed by atoms with Crippen LogP contribution in [0.2, 0.25) is 0 Å². The molecule has 0 unspecified atom stereocenters. The van der Waals surface area contributed by atoms with Crippen LogP contribution in [0.5, 0.6) is 0 Å². The molecule has 2 N–H and O–H groups in total. The summed E-state index contributed by atoms with van der Waals surface area (Å²) in [7, 11) is 1.95. The van der Waals surface area contributed by atoms with Gasteiger partial charge in [0.15, 0.2) is 0 Å². The van der Waals surface area contributed by atoms with Gasteiger partial charge in [-0.1, -0.05) is 6.92 Å². The molecule has 0 bridgehead atoms. The van der Waals surface area contributed by atoms with Crippen LogP contribution >= 0.6 is 0 Å². The van der Waals surface area contributed by atoms with E-state index in [0.29, 0.717) is 6.17 Å². The third kappa shape index (κ3) is 4.09. The van der Waals surface area contributed by atoms with Gasteiger partial charge in [0.1, 0.15) is 0 Å². The Bertz CT molecular complexity index is 45.8. The molecule has 0 saturated carbocycles. The Morgan fingerprint density at radius 3 is 2.50 bits per heavy atom. The van der Waals surface area contributed by atoms with E-state index in [1.165, 1.54) is 6.42 Å². The van der Waals surface area contributed by atoms with Crippen molar-refractivity contribution in [3.05, 3.63) is 0 Å². The lowest BCUT2D eigenvalue weighted by Crippen LogP contribution is -2.37. The molecule has 0 radical (unpaired) electrons. The number of hydrogen-bond donors (Lipinski definition) is 2. The maximum atomic E-state index is 3.27. The molecule has 0 aromatic rings. The van der Waals surface area contributed by atoms with Gasteiger partial charge in [0.25, 0.3) is 0 Å². The van der Waals surface area contributed by atoms with Gasteiger partial charge >= 0.3 is 0 Å². The number of rotatable bonds is 4. The van der Waals surface area contributed by atoms with Crippen LogP contribution in [0.4, 0.5) is 0 Å². The second-order valence-corrected chi connectivity index (χ2v) is 1.96. The van der Waals surface area contributed by atoms with Gasteiger partial charge in [-0.3, -0.25) is 0 Å². The van der Waals surface area contributed by atoms with Crippen molar-refractivity contribution in [2.45, 2.75) is 26.4 Å². The highest BCUT2D eigenvalue weighted by Crippen LogP contribution is 1.73. The fourth-order valence-corrected chi connectivity index (χ4v) is 0.463. The smallest absolute Gasteiger partial charge is 0.0540 e. The Kier molecular flexibility index (Phi) is 5.01. The third-order valence-electron chi connectivity index (χ3n) is 1.13. The normalized spacial score (nSPS) is 13.9. The molecule has 0 aromatic heterocycles. The van der Waals surface area contributed by atoms with E-state index in [4.69, 9.17) is 0 Å². The van der Waals surface area contributed by atoms with Crippen LogP contribution in [0.1, 0.15) is 20.3 Å². The van der Waals surface area contributed by atoms with Crippen LogP contribution in [-0.2, 0) is 0 Å². The molecule has 0 aliphatic rings. The average Bonchev–Trinajstić information content (AvgIpc) is 1.83. The SMILES string of the molecule is CCCN[C@H](C)NC. The maximum absolute atomic E-state index is 3.27. The number of nitrogens with one attached hydrogen (secondary N) is 2. The van der Waals surface area contributed by atoms with E-state index in [1.54, 1.807) is 0 Å². The van der Waals surface area contributed by atoms with Crippen molar-refractivity contribution in [1.29, 1.82) is 0 Å². The first kappa shape index (κ1) is 7.92. The van der Waals surface area contributed by atoms with Crippen LogP contribution < -0.4 is 10.6 Å². The van der Waals surface area contributed by atoms with Crippen molar-refractivity contribution in [2.75, 3.05) is 13.6 Å². The molecule has 50 valence electrons. The molecule has 0 aromatic carbocycles. The zero-order valence-electron chi connectivity index (χ0n) is 5.99. The van der Waals surface area contributed by atoms with E-state index in [0.717, 1.165) is 6.54 Å². The Morgan fingerprint density at radius 1 is 1.50 bits per heavy atom. The predicted octanol–water partition coefficient (Wildman–Crippen LogP) is 0.551. The Hall–Kier alpha value is -0.0800. The lowest BCUT2D eigenvalue weighted by Gasteiger charge is -2.10. The van der Waals surface area contributed by atoms with Crippen LogP contribution in [0.3, 0.4) is 0 Å². The van der Waals surface area contributed by atoms with E-state index in [1.807, 2.05) is 7.05 Å². The quantitative estimate of drug-likeness (QED) is 0.524. The van der Waals surface area contributed by atoms with Crippen molar-refractivity contribution in [3.8, 4) is 0 Å². The first-order valence-electron chi connectivity index (χ1n) is 3.22. The van der Waals surface area contributed by atoms with E-state index in [2.05, 4.69) is 24.5 Å². The minimum atomic E-state index is 0.454. The van der Waals surface area contributed by atoms with Crippen molar-refractivity contribution in [3.63, 3.8) is 0 Å². The van der Waals surface area contributed by atoms with Gasteiger partial charge in [0.2, 0.25) is 0 Å². The Morgan fingerprint density at radius 2 is 2.12 bits per heavy atom. The molecule has 0 saturated heterocycles. The van der Waals surface area contributed by atoms with E-state index < -0.39 is 0 Å². The minimum absolute atomic E-state index is 0.454. The van der Waals surface area contributed by atoms with Crippen molar-refractivity contribution >= 4 is 0 Å². The average molecular weight is 116 g/mol. The first-order chi connectivity index (χ1) is 3.81. The molecule has 2 heteroatoms. The molecule has 2 nitrogen and oxygen atoms in total. The maximum Gasteiger partial charge on any atom is 0.0540 e. The monoisotopic (exact) mass is 116 g/mol. The zero-order chi connectivity index (χ0) is 6.41. The highest BCUT2D eigenvalue weighted by molar-refractivity contribution is 4.51. The molecule has 0 aliphatic heterocycles. The molecule has 0 fully saturated rings. The highest BCUT2D eigenvalue weighted by atomic mass is 15.1. The summed E-state index contributed by atoms with van der Waals surface area (Å²) in [5, 5.41) is 6.36. The summed E-state index contributed by atoms with van der Waals surface area (Å²) in [5.41, 5.74) is 0. The molecule has 0 amide bonds. The van der Waals surface area contributed by atoms with Gasteiger partial charge in [-0.15, -0.1) is 0 Å². The second kappa shape index (κ2) is 5.06. The van der Waals surface area contributed by atoms with Gasteiger partial charge in [-0.05, 0) is 26.9 Å². The second-order valence-electron chi connectivity index (χ2n) is 1.96. The third-order valence-corrected chi connectivity index (χ3v) is 1.13. The van der Waals surface area contributed by atoms with Crippen LogP contribution in [0.15, 0.2) is 0 Å². The topological polar surface area (TPSA) is 24.1 Å². The Balaban J connectivity index is 2.86. The molecule has 8 heavy (non-hydrogen) atoms. The molecule has 0 rings (SSSR count). The van der Waals surface area contributed by atoms with Gasteiger partial charge in [0.05, 0.1) is 6.17 Å². The molecule has 0 spiro atoms. The summed E-state index contributed by atoms with van der Waals surface area (Å²) in [6.45, 7) is 5.37. The van der Waals surface area contributed by atoms with E-state index >= 15 is 0 Å². The largest absolute Gasteiger partial charge is 0.305 e. The van der Waals surface area contributed by atoms with Gasteiger partial charge in [-0.25, -0.2) is 0 Å². The minimum Gasteiger partial charge on any atom is -0.305 e. The van der Waals surface area contributed by atoms with Crippen molar-refractivity contribution in [1.82, 2.24) is 10.6 Å². The van der Waals surface area contributed by atoms with Crippen molar-refractivity contribution < 1.29 is 0 Å². The van der Waals surface area contributed by atoms with Crippen molar-refractivity contribution in [2.24, 2.45) is 0 Å². The fourth-order valence-electron chi connectivity index (χ4n) is 0.463. The first-order valence-corrected chi connectivity index (χ1v) is 3.22. The zero-order valence-corrected chi connectivity index (χ0v) is 5.99. The Labute approximate surface area is 51.7 Å². The summed E-state index contributed by atoms with van der Waals surface area (Å²) in [5.74, 6) is 0. The summed E-state index contributed by atoms with van der Waals surface area (Å²) in [6, 6.07) is 0. The van der Waals surface area contributed by atoms with Crippen LogP contribution in [0.25, 0.3) is 0 Å². The lowest BCUT2D eigenvalue weighted by molar-refractivity contribution is 0.489. The summed E-state index contributed by atoms with van der Waals surface area (Å²) in [6.07, 6.45) is 1.65. The van der Waals surface area contributed by atoms with Gasteiger partial charge in [0, 0.05) is 0 Å². The van der Waals surface area contributed by atoms with E-state index in [-0.39, 0.29) is 0 Å². The van der Waals surface area contributed by atoms with Gasteiger partial charge in [-0.2, -0.15) is 0 Å². The predicted molar refractivity (Wildman–Crippen MR) is 36.8 cm³/mol. The number of hydrogen-bond acceptors (Lipinski definition) is 2. The standard InChI is InChI=1S/C6H16N2/c1-4-5-8-6(2)7-3/h6-8H,4-5H2,1-3H3/t6-/m1/s1. The summed E-state index contributed by atoms with van der Waals surface area (Å²) < 4.78 is 0. The molecular weight excluding hydrogens is 100 g/mol. The fraction of sp³-hybridized carbons (Fsp3) is 1.00. The van der Waals surface area contributed by atoms with Gasteiger partial charge < -0.3 is 10.6 Å². The van der Waals surface area contributed by atoms with Crippen LogP contribution in [-0.4, -0.2) is 19.8 Å². The summed E-state index contributed by atoms with van der Waals surface area (Å²) >= 11 is 0. The molecule has 0 heterocycles. The molecule has 0 aliphatic carbocycles. The molecular formula is C6H16N2. The lowest BCUT2D eigenvalue weighted by atomic mass is 10.4. The summed E-state index contributed by atoms with van der Waals surface area (Å²) in [4.78, 5) is 0.